The maximum atomic E-state index is 14.8. The number of benzene rings is 2. The molecular formula is C31H44F2N4O3Si. The number of imidazole rings is 1. The average Bonchev–Trinajstić information content (AvgIpc) is 3.25. The van der Waals surface area contributed by atoms with E-state index in [1.807, 2.05) is 34.9 Å². The summed E-state index contributed by atoms with van der Waals surface area (Å²) in [6.07, 6.45) is 0.229. The van der Waals surface area contributed by atoms with Crippen LogP contribution in [0.4, 0.5) is 13.6 Å². The number of halogens is 2. The van der Waals surface area contributed by atoms with Gasteiger partial charge in [0.15, 0.2) is 8.32 Å². The molecule has 0 spiro atoms. The van der Waals surface area contributed by atoms with Crippen LogP contribution in [0.3, 0.4) is 0 Å². The quantitative estimate of drug-likeness (QED) is 0.207. The van der Waals surface area contributed by atoms with Crippen molar-refractivity contribution in [3.05, 3.63) is 77.8 Å². The molecule has 1 aromatic heterocycles. The van der Waals surface area contributed by atoms with Crippen LogP contribution in [-0.2, 0) is 11.0 Å². The van der Waals surface area contributed by atoms with Crippen molar-refractivity contribution in [1.29, 1.82) is 0 Å². The summed E-state index contributed by atoms with van der Waals surface area (Å²) in [6.45, 7) is 17.9. The lowest BCUT2D eigenvalue weighted by Gasteiger charge is -2.40. The SMILES string of the molecule is CC(C)(C)[C@@H](NC[C@H](CNC(=O)O)O[Si](C)(C)C(C)(C)C)c1nc(-c2cc(F)ccc2F)cn1Cc1ccccc1. The third kappa shape index (κ3) is 8.70. The number of nitrogens with zero attached hydrogens (tertiary/aromatic N) is 2. The van der Waals surface area contributed by atoms with Crippen LogP contribution in [0, 0.1) is 17.0 Å². The summed E-state index contributed by atoms with van der Waals surface area (Å²) in [6, 6.07) is 12.9. The zero-order valence-electron chi connectivity index (χ0n) is 25.4. The van der Waals surface area contributed by atoms with Gasteiger partial charge < -0.3 is 24.7 Å². The molecule has 10 heteroatoms. The number of hydrogen-bond acceptors (Lipinski definition) is 4. The highest BCUT2D eigenvalue weighted by Crippen LogP contribution is 2.38. The first-order chi connectivity index (χ1) is 19.0. The highest BCUT2D eigenvalue weighted by Gasteiger charge is 2.40. The first-order valence-electron chi connectivity index (χ1n) is 13.9. The number of amides is 1. The molecule has 0 bridgehead atoms. The van der Waals surface area contributed by atoms with Gasteiger partial charge in [0.2, 0.25) is 0 Å². The Bertz CT molecular complexity index is 1320. The molecule has 0 radical (unpaired) electrons. The van der Waals surface area contributed by atoms with E-state index < -0.39 is 32.1 Å². The maximum Gasteiger partial charge on any atom is 0.404 e. The Morgan fingerprint density at radius 3 is 2.29 bits per heavy atom. The predicted octanol–water partition coefficient (Wildman–Crippen LogP) is 7.21. The Kier molecular flexibility index (Phi) is 10.2. The van der Waals surface area contributed by atoms with Crippen LogP contribution in [0.5, 0.6) is 0 Å². The van der Waals surface area contributed by atoms with Gasteiger partial charge in [0.1, 0.15) is 17.5 Å². The van der Waals surface area contributed by atoms with E-state index in [9.17, 15) is 18.7 Å². The van der Waals surface area contributed by atoms with Gasteiger partial charge in [0.05, 0.1) is 17.8 Å². The Balaban J connectivity index is 2.02. The van der Waals surface area contributed by atoms with E-state index in [0.29, 0.717) is 24.6 Å². The Labute approximate surface area is 243 Å². The highest BCUT2D eigenvalue weighted by atomic mass is 28.4. The lowest BCUT2D eigenvalue weighted by Crippen LogP contribution is -2.51. The van der Waals surface area contributed by atoms with E-state index >= 15 is 0 Å². The summed E-state index contributed by atoms with van der Waals surface area (Å²) < 4.78 is 37.5. The predicted molar refractivity (Wildman–Crippen MR) is 161 cm³/mol. The topological polar surface area (TPSA) is 88.4 Å². The van der Waals surface area contributed by atoms with Crippen LogP contribution in [0.15, 0.2) is 54.7 Å². The molecule has 0 saturated heterocycles. The Morgan fingerprint density at radius 2 is 1.71 bits per heavy atom. The lowest BCUT2D eigenvalue weighted by molar-refractivity contribution is 0.146. The fourth-order valence-corrected chi connectivity index (χ4v) is 5.73. The van der Waals surface area contributed by atoms with Crippen molar-refractivity contribution < 1.29 is 23.1 Å². The molecule has 3 aromatic rings. The maximum absolute atomic E-state index is 14.8. The van der Waals surface area contributed by atoms with Gasteiger partial charge in [-0.2, -0.15) is 0 Å². The minimum absolute atomic E-state index is 0.0617. The van der Waals surface area contributed by atoms with Crippen LogP contribution >= 0.6 is 0 Å². The Morgan fingerprint density at radius 1 is 1.05 bits per heavy atom. The first kappa shape index (κ1) is 32.4. The molecule has 0 fully saturated rings. The van der Waals surface area contributed by atoms with Crippen LogP contribution in [0.2, 0.25) is 18.1 Å². The monoisotopic (exact) mass is 586 g/mol. The summed E-state index contributed by atoms with van der Waals surface area (Å²) in [4.78, 5) is 16.2. The van der Waals surface area contributed by atoms with Crippen molar-refractivity contribution in [2.75, 3.05) is 13.1 Å². The second kappa shape index (κ2) is 12.8. The van der Waals surface area contributed by atoms with Gasteiger partial charge in [0, 0.05) is 31.4 Å². The van der Waals surface area contributed by atoms with Crippen molar-refractivity contribution >= 4 is 14.4 Å². The third-order valence-electron chi connectivity index (χ3n) is 7.63. The molecule has 3 N–H and O–H groups in total. The van der Waals surface area contributed by atoms with Crippen LogP contribution in [-0.4, -0.2) is 48.3 Å². The van der Waals surface area contributed by atoms with Gasteiger partial charge in [-0.05, 0) is 47.3 Å². The van der Waals surface area contributed by atoms with Crippen molar-refractivity contribution in [2.24, 2.45) is 5.41 Å². The molecule has 224 valence electrons. The van der Waals surface area contributed by atoms with Crippen molar-refractivity contribution in [3.63, 3.8) is 0 Å². The van der Waals surface area contributed by atoms with Gasteiger partial charge in [0.25, 0.3) is 0 Å². The van der Waals surface area contributed by atoms with Crippen LogP contribution in [0.25, 0.3) is 11.3 Å². The molecule has 0 saturated carbocycles. The number of carbonyl (C=O) groups is 1. The minimum atomic E-state index is -2.22. The third-order valence-corrected chi connectivity index (χ3v) is 12.2. The number of carboxylic acid groups (broad SMARTS) is 1. The van der Waals surface area contributed by atoms with E-state index in [2.05, 4.69) is 65.3 Å². The summed E-state index contributed by atoms with van der Waals surface area (Å²) in [5.74, 6) is -0.426. The van der Waals surface area contributed by atoms with E-state index in [1.54, 1.807) is 6.20 Å². The molecule has 1 amide bonds. The van der Waals surface area contributed by atoms with E-state index in [0.717, 1.165) is 23.8 Å². The Hall–Kier alpha value is -3.08. The molecular weight excluding hydrogens is 542 g/mol. The van der Waals surface area contributed by atoms with Crippen molar-refractivity contribution in [2.45, 2.75) is 78.4 Å². The van der Waals surface area contributed by atoms with Crippen molar-refractivity contribution in [1.82, 2.24) is 20.2 Å². The van der Waals surface area contributed by atoms with Gasteiger partial charge >= 0.3 is 6.09 Å². The van der Waals surface area contributed by atoms with E-state index in [4.69, 9.17) is 9.41 Å². The normalized spacial score (nSPS) is 14.1. The first-order valence-corrected chi connectivity index (χ1v) is 16.8. The molecule has 3 rings (SSSR count). The molecule has 7 nitrogen and oxygen atoms in total. The average molecular weight is 587 g/mol. The second-order valence-corrected chi connectivity index (χ2v) is 17.9. The summed E-state index contributed by atoms with van der Waals surface area (Å²) in [5, 5.41) is 15.3. The number of nitrogens with one attached hydrogen (secondary N) is 2. The number of aromatic nitrogens is 2. The molecule has 0 aliphatic rings. The minimum Gasteiger partial charge on any atom is -0.465 e. The van der Waals surface area contributed by atoms with Crippen molar-refractivity contribution in [3.8, 4) is 11.3 Å². The summed E-state index contributed by atoms with van der Waals surface area (Å²) in [5.41, 5.74) is 1.12. The van der Waals surface area contributed by atoms with Crippen LogP contribution in [0.1, 0.15) is 59.0 Å². The number of rotatable bonds is 11. The fraction of sp³-hybridized carbons (Fsp3) is 0.484. The molecule has 0 unspecified atom stereocenters. The molecule has 2 atom stereocenters. The van der Waals surface area contributed by atoms with Gasteiger partial charge in [-0.15, -0.1) is 0 Å². The molecule has 2 aromatic carbocycles. The number of hydrogen-bond donors (Lipinski definition) is 3. The molecule has 0 aliphatic heterocycles. The zero-order chi connectivity index (χ0) is 30.6. The summed E-state index contributed by atoms with van der Waals surface area (Å²) >= 11 is 0. The van der Waals surface area contributed by atoms with Crippen LogP contribution < -0.4 is 10.6 Å². The van der Waals surface area contributed by atoms with Gasteiger partial charge in [-0.3, -0.25) is 0 Å². The fourth-order valence-electron chi connectivity index (χ4n) is 4.38. The van der Waals surface area contributed by atoms with Gasteiger partial charge in [-0.25, -0.2) is 18.6 Å². The lowest BCUT2D eigenvalue weighted by atomic mass is 9.86. The summed E-state index contributed by atoms with van der Waals surface area (Å²) in [7, 11) is -2.22. The van der Waals surface area contributed by atoms with E-state index in [1.165, 1.54) is 0 Å². The standard InChI is InChI=1S/C31H44F2N4O3Si/c1-30(2,3)27(34-17-23(18-35-29(38)39)40-41(7,8)31(4,5)6)28-36-26(24-16-22(32)14-15-25(24)33)20-37(28)19-21-12-10-9-11-13-21/h9-16,20,23,27,34-35H,17-19H2,1-8H3,(H,38,39)/t23-,27+/m1/s1. The molecule has 1 heterocycles. The second-order valence-electron chi connectivity index (χ2n) is 13.1. The largest absolute Gasteiger partial charge is 0.465 e. The molecule has 0 aliphatic carbocycles. The highest BCUT2D eigenvalue weighted by molar-refractivity contribution is 6.74. The molecule has 41 heavy (non-hydrogen) atoms. The zero-order valence-corrected chi connectivity index (χ0v) is 26.4. The van der Waals surface area contributed by atoms with E-state index in [-0.39, 0.29) is 28.6 Å². The van der Waals surface area contributed by atoms with Gasteiger partial charge in [-0.1, -0.05) is 71.9 Å². The smallest absolute Gasteiger partial charge is 0.404 e.